The van der Waals surface area contributed by atoms with Gasteiger partial charge < -0.3 is 15.4 Å². The van der Waals surface area contributed by atoms with Gasteiger partial charge in [-0.15, -0.1) is 0 Å². The lowest BCUT2D eigenvalue weighted by Crippen LogP contribution is -2.45. The molecule has 1 aromatic heterocycles. The average Bonchev–Trinajstić information content (AvgIpc) is 2.63. The van der Waals surface area contributed by atoms with E-state index in [1.807, 2.05) is 31.2 Å². The topological polar surface area (TPSA) is 46.2 Å². The summed E-state index contributed by atoms with van der Waals surface area (Å²) in [7, 11) is 0. The standard InChI is InChI=1S/C19H22ClN3OS/c1-14-3-2-10-21-17(14)23-18(25)22-13-19(8-11-24-12-9-19)15-4-6-16(20)7-5-15/h2-7,10H,8-9,11-13H2,1H3,(H2,21,22,23,25). The zero-order valence-electron chi connectivity index (χ0n) is 14.2. The first-order valence-electron chi connectivity index (χ1n) is 8.39. The van der Waals surface area contributed by atoms with E-state index in [2.05, 4.69) is 27.8 Å². The monoisotopic (exact) mass is 375 g/mol. The van der Waals surface area contributed by atoms with Crippen LogP contribution in [0.4, 0.5) is 5.82 Å². The maximum absolute atomic E-state index is 6.05. The van der Waals surface area contributed by atoms with Crippen LogP contribution in [0, 0.1) is 6.92 Å². The predicted octanol–water partition coefficient (Wildman–Crippen LogP) is 4.08. The molecule has 0 unspecified atom stereocenters. The highest BCUT2D eigenvalue weighted by molar-refractivity contribution is 7.80. The molecule has 3 rings (SSSR count). The second-order valence-corrected chi connectivity index (χ2v) is 7.22. The number of hydrogen-bond acceptors (Lipinski definition) is 3. The van der Waals surface area contributed by atoms with Crippen molar-refractivity contribution in [2.75, 3.05) is 25.1 Å². The molecule has 2 N–H and O–H groups in total. The van der Waals surface area contributed by atoms with E-state index in [0.717, 1.165) is 49.0 Å². The highest BCUT2D eigenvalue weighted by atomic mass is 35.5. The lowest BCUT2D eigenvalue weighted by atomic mass is 9.74. The molecular weight excluding hydrogens is 354 g/mol. The van der Waals surface area contributed by atoms with Crippen LogP contribution in [0.25, 0.3) is 0 Å². The number of halogens is 1. The van der Waals surface area contributed by atoms with Gasteiger partial charge in [0.25, 0.3) is 0 Å². The van der Waals surface area contributed by atoms with Crippen LogP contribution in [-0.4, -0.2) is 29.9 Å². The van der Waals surface area contributed by atoms with Crippen LogP contribution in [0.15, 0.2) is 42.6 Å². The molecule has 4 nitrogen and oxygen atoms in total. The van der Waals surface area contributed by atoms with E-state index < -0.39 is 0 Å². The van der Waals surface area contributed by atoms with Crippen molar-refractivity contribution in [3.05, 3.63) is 58.7 Å². The van der Waals surface area contributed by atoms with Crippen molar-refractivity contribution in [2.45, 2.75) is 25.2 Å². The quantitative estimate of drug-likeness (QED) is 0.788. The summed E-state index contributed by atoms with van der Waals surface area (Å²) in [6, 6.07) is 12.0. The summed E-state index contributed by atoms with van der Waals surface area (Å²) >= 11 is 11.5. The van der Waals surface area contributed by atoms with E-state index in [0.29, 0.717) is 5.11 Å². The Morgan fingerprint density at radius 1 is 1.24 bits per heavy atom. The molecule has 2 aromatic rings. The Morgan fingerprint density at radius 3 is 2.64 bits per heavy atom. The molecule has 1 aromatic carbocycles. The number of aromatic nitrogens is 1. The Bertz CT molecular complexity index is 730. The normalized spacial score (nSPS) is 16.2. The number of hydrogen-bond donors (Lipinski definition) is 2. The third kappa shape index (κ3) is 4.48. The average molecular weight is 376 g/mol. The molecule has 1 saturated heterocycles. The van der Waals surface area contributed by atoms with Gasteiger partial charge in [0.1, 0.15) is 5.82 Å². The van der Waals surface area contributed by atoms with Crippen LogP contribution in [0.5, 0.6) is 0 Å². The van der Waals surface area contributed by atoms with Gasteiger partial charge in [0, 0.05) is 36.4 Å². The van der Waals surface area contributed by atoms with Gasteiger partial charge in [-0.25, -0.2) is 4.98 Å². The van der Waals surface area contributed by atoms with Crippen molar-refractivity contribution in [3.63, 3.8) is 0 Å². The maximum atomic E-state index is 6.05. The van der Waals surface area contributed by atoms with Crippen LogP contribution < -0.4 is 10.6 Å². The van der Waals surface area contributed by atoms with E-state index in [9.17, 15) is 0 Å². The number of nitrogens with zero attached hydrogens (tertiary/aromatic N) is 1. The Labute approximate surface area is 158 Å². The van der Waals surface area contributed by atoms with Crippen LogP contribution in [0.2, 0.25) is 5.02 Å². The van der Waals surface area contributed by atoms with Crippen LogP contribution >= 0.6 is 23.8 Å². The molecule has 6 heteroatoms. The van der Waals surface area contributed by atoms with Gasteiger partial charge in [-0.1, -0.05) is 29.8 Å². The number of rotatable bonds is 4. The van der Waals surface area contributed by atoms with E-state index >= 15 is 0 Å². The summed E-state index contributed by atoms with van der Waals surface area (Å²) in [6.07, 6.45) is 3.66. The van der Waals surface area contributed by atoms with Crippen molar-refractivity contribution in [1.82, 2.24) is 10.3 Å². The molecule has 1 fully saturated rings. The Morgan fingerprint density at radius 2 is 1.96 bits per heavy atom. The van der Waals surface area contributed by atoms with Gasteiger partial charge in [-0.3, -0.25) is 0 Å². The highest BCUT2D eigenvalue weighted by Gasteiger charge is 2.34. The number of benzene rings is 1. The van der Waals surface area contributed by atoms with E-state index in [1.54, 1.807) is 6.20 Å². The smallest absolute Gasteiger partial charge is 0.171 e. The van der Waals surface area contributed by atoms with E-state index in [4.69, 9.17) is 28.6 Å². The van der Waals surface area contributed by atoms with Crippen molar-refractivity contribution in [1.29, 1.82) is 0 Å². The first kappa shape index (κ1) is 18.1. The Kier molecular flexibility index (Phi) is 5.89. The van der Waals surface area contributed by atoms with Gasteiger partial charge in [0.05, 0.1) is 0 Å². The third-order valence-electron chi connectivity index (χ3n) is 4.74. The minimum absolute atomic E-state index is 0.00621. The number of ether oxygens (including phenoxy) is 1. The van der Waals surface area contributed by atoms with Gasteiger partial charge in [0.2, 0.25) is 0 Å². The SMILES string of the molecule is Cc1cccnc1NC(=S)NCC1(c2ccc(Cl)cc2)CCOCC1. The molecule has 1 aliphatic heterocycles. The second-order valence-electron chi connectivity index (χ2n) is 6.38. The molecular formula is C19H22ClN3OS. The summed E-state index contributed by atoms with van der Waals surface area (Å²) in [5.41, 5.74) is 2.32. The minimum atomic E-state index is -0.00621. The van der Waals surface area contributed by atoms with Crippen LogP contribution in [0.1, 0.15) is 24.0 Å². The molecule has 1 aliphatic rings. The molecule has 0 aliphatic carbocycles. The van der Waals surface area contributed by atoms with Gasteiger partial charge in [0.15, 0.2) is 5.11 Å². The maximum Gasteiger partial charge on any atom is 0.171 e. The zero-order valence-corrected chi connectivity index (χ0v) is 15.8. The molecule has 132 valence electrons. The summed E-state index contributed by atoms with van der Waals surface area (Å²) in [6.45, 7) is 4.26. The summed E-state index contributed by atoms with van der Waals surface area (Å²) < 4.78 is 5.58. The highest BCUT2D eigenvalue weighted by Crippen LogP contribution is 2.34. The lowest BCUT2D eigenvalue weighted by Gasteiger charge is -2.38. The zero-order chi connectivity index (χ0) is 17.7. The first-order chi connectivity index (χ1) is 12.1. The van der Waals surface area contributed by atoms with E-state index in [1.165, 1.54) is 5.56 Å². The first-order valence-corrected chi connectivity index (χ1v) is 9.18. The molecule has 2 heterocycles. The second kappa shape index (κ2) is 8.13. The van der Waals surface area contributed by atoms with Gasteiger partial charge in [-0.2, -0.15) is 0 Å². The number of anilines is 1. The molecule has 0 saturated carbocycles. The molecule has 25 heavy (non-hydrogen) atoms. The molecule has 0 atom stereocenters. The number of nitrogens with one attached hydrogen (secondary N) is 2. The molecule has 0 bridgehead atoms. The van der Waals surface area contributed by atoms with Crippen molar-refractivity contribution in [3.8, 4) is 0 Å². The predicted molar refractivity (Wildman–Crippen MR) is 106 cm³/mol. The molecule has 0 spiro atoms. The van der Waals surface area contributed by atoms with Crippen molar-refractivity contribution >= 4 is 34.7 Å². The fraction of sp³-hybridized carbons (Fsp3) is 0.368. The Hall–Kier alpha value is -1.69. The van der Waals surface area contributed by atoms with Gasteiger partial charge >= 0.3 is 0 Å². The number of aryl methyl sites for hydroxylation is 1. The summed E-state index contributed by atoms with van der Waals surface area (Å²) in [5, 5.41) is 7.89. The number of thiocarbonyl (C=S) groups is 1. The Balaban J connectivity index is 1.70. The number of pyridine rings is 1. The molecule has 0 radical (unpaired) electrons. The van der Waals surface area contributed by atoms with Crippen LogP contribution in [-0.2, 0) is 10.2 Å². The van der Waals surface area contributed by atoms with Crippen molar-refractivity contribution in [2.24, 2.45) is 0 Å². The third-order valence-corrected chi connectivity index (χ3v) is 5.23. The fourth-order valence-corrected chi connectivity index (χ4v) is 3.45. The van der Waals surface area contributed by atoms with E-state index in [-0.39, 0.29) is 5.41 Å². The summed E-state index contributed by atoms with van der Waals surface area (Å²) in [4.78, 5) is 4.32. The summed E-state index contributed by atoms with van der Waals surface area (Å²) in [5.74, 6) is 0.785. The molecule has 0 amide bonds. The fourth-order valence-electron chi connectivity index (χ4n) is 3.15. The van der Waals surface area contributed by atoms with Crippen molar-refractivity contribution < 1.29 is 4.74 Å². The van der Waals surface area contributed by atoms with Gasteiger partial charge in [-0.05, 0) is 61.3 Å². The largest absolute Gasteiger partial charge is 0.381 e. The van der Waals surface area contributed by atoms with Crippen LogP contribution in [0.3, 0.4) is 0 Å². The minimum Gasteiger partial charge on any atom is -0.381 e. The lowest BCUT2D eigenvalue weighted by molar-refractivity contribution is 0.0515.